The predicted octanol–water partition coefficient (Wildman–Crippen LogP) is 3.44. The molecule has 2 amide bonds. The van der Waals surface area contributed by atoms with Gasteiger partial charge in [0.05, 0.1) is 5.25 Å². The van der Waals surface area contributed by atoms with Crippen molar-refractivity contribution in [2.24, 2.45) is 5.73 Å². The van der Waals surface area contributed by atoms with Gasteiger partial charge in [0, 0.05) is 30.8 Å². The van der Waals surface area contributed by atoms with Gasteiger partial charge in [-0.05, 0) is 37.0 Å². The molecule has 1 rings (SSSR count). The fourth-order valence-corrected chi connectivity index (χ4v) is 5.34. The molecule has 5 nitrogen and oxygen atoms in total. The summed E-state index contributed by atoms with van der Waals surface area (Å²) < 4.78 is 3.21. The molecular formula is C17H33N3O2S3. The molecule has 8 heteroatoms. The summed E-state index contributed by atoms with van der Waals surface area (Å²) in [5, 5.41) is -0.170. The van der Waals surface area contributed by atoms with E-state index in [4.69, 9.17) is 5.73 Å². The van der Waals surface area contributed by atoms with Crippen molar-refractivity contribution in [1.29, 1.82) is 0 Å². The van der Waals surface area contributed by atoms with Crippen molar-refractivity contribution in [2.75, 3.05) is 25.4 Å². The topological polar surface area (TPSA) is 75.4 Å². The normalized spacial score (nSPS) is 18.4. The maximum Gasteiger partial charge on any atom is 0.242 e. The Hall–Kier alpha value is 0.110. The average molecular weight is 408 g/mol. The van der Waals surface area contributed by atoms with Crippen molar-refractivity contribution in [3.63, 3.8) is 0 Å². The molecule has 0 spiro atoms. The van der Waals surface area contributed by atoms with Gasteiger partial charge >= 0.3 is 0 Å². The number of carbonyl (C=O) groups excluding carboxylic acids is 2. The summed E-state index contributed by atoms with van der Waals surface area (Å²) in [4.78, 5) is 25.9. The van der Waals surface area contributed by atoms with Gasteiger partial charge in [0.1, 0.15) is 0 Å². The fourth-order valence-electron chi connectivity index (χ4n) is 2.32. The molecular weight excluding hydrogens is 374 g/mol. The van der Waals surface area contributed by atoms with Crippen LogP contribution in [0.25, 0.3) is 0 Å². The molecule has 1 aliphatic rings. The third-order valence-electron chi connectivity index (χ3n) is 4.02. The average Bonchev–Trinajstić information content (AvgIpc) is 2.85. The molecule has 0 radical (unpaired) electrons. The van der Waals surface area contributed by atoms with Gasteiger partial charge < -0.3 is 5.73 Å². The van der Waals surface area contributed by atoms with Gasteiger partial charge in [-0.2, -0.15) is 0 Å². The van der Waals surface area contributed by atoms with E-state index in [-0.39, 0.29) is 21.8 Å². The van der Waals surface area contributed by atoms with Crippen LogP contribution in [0.5, 0.6) is 0 Å². The first-order valence-corrected chi connectivity index (χ1v) is 12.3. The van der Waals surface area contributed by atoms with Crippen LogP contribution in [0.3, 0.4) is 0 Å². The zero-order chi connectivity index (χ0) is 18.7. The molecule has 0 aromatic rings. The van der Waals surface area contributed by atoms with Crippen LogP contribution in [-0.2, 0) is 9.59 Å². The minimum atomic E-state index is -0.170. The number of unbranched alkanes of at least 4 members (excludes halogenated alkanes) is 4. The molecule has 0 aliphatic carbocycles. The Morgan fingerprint density at radius 1 is 1.24 bits per heavy atom. The molecule has 25 heavy (non-hydrogen) atoms. The summed E-state index contributed by atoms with van der Waals surface area (Å²) in [5.41, 5.74) is 5.68. The lowest BCUT2D eigenvalue weighted by atomic mass is 10.2. The summed E-state index contributed by atoms with van der Waals surface area (Å²) in [6.07, 6.45) is 6.51. The van der Waals surface area contributed by atoms with E-state index in [9.17, 15) is 9.59 Å². The third-order valence-corrected chi connectivity index (χ3v) is 8.30. The molecule has 1 saturated heterocycles. The minimum Gasteiger partial charge on any atom is -0.329 e. The highest BCUT2D eigenvalue weighted by Crippen LogP contribution is 2.32. The van der Waals surface area contributed by atoms with Crippen molar-refractivity contribution in [1.82, 2.24) is 9.62 Å². The van der Waals surface area contributed by atoms with E-state index in [1.54, 1.807) is 22.6 Å². The van der Waals surface area contributed by atoms with E-state index >= 15 is 0 Å². The summed E-state index contributed by atoms with van der Waals surface area (Å²) >= 11 is 1.65. The maximum absolute atomic E-state index is 12.4. The number of nitrogens with zero attached hydrogens (tertiary/aromatic N) is 1. The van der Waals surface area contributed by atoms with Gasteiger partial charge in [0.2, 0.25) is 11.8 Å². The first-order valence-electron chi connectivity index (χ1n) is 9.14. The number of imide groups is 1. The van der Waals surface area contributed by atoms with Crippen molar-refractivity contribution in [3.8, 4) is 0 Å². The summed E-state index contributed by atoms with van der Waals surface area (Å²) in [6, 6.07) is 0. The quantitative estimate of drug-likeness (QED) is 0.198. The zero-order valence-corrected chi connectivity index (χ0v) is 18.2. The predicted molar refractivity (Wildman–Crippen MR) is 113 cm³/mol. The largest absolute Gasteiger partial charge is 0.329 e. The summed E-state index contributed by atoms with van der Waals surface area (Å²) in [6.45, 7) is 8.03. The summed E-state index contributed by atoms with van der Waals surface area (Å²) in [5.74, 6) is 0.931. The molecule has 0 saturated carbocycles. The third kappa shape index (κ3) is 9.04. The van der Waals surface area contributed by atoms with Crippen LogP contribution in [0.15, 0.2) is 0 Å². The van der Waals surface area contributed by atoms with Gasteiger partial charge in [-0.1, -0.05) is 43.4 Å². The fraction of sp³-hybridized carbons (Fsp3) is 0.882. The van der Waals surface area contributed by atoms with Crippen molar-refractivity contribution in [2.45, 2.75) is 69.3 Å². The van der Waals surface area contributed by atoms with Crippen LogP contribution in [0, 0.1) is 0 Å². The second kappa shape index (κ2) is 12.5. The van der Waals surface area contributed by atoms with Gasteiger partial charge in [-0.15, -0.1) is 11.8 Å². The maximum atomic E-state index is 12.4. The van der Waals surface area contributed by atoms with Gasteiger partial charge in [-0.25, -0.2) is 0 Å². The Bertz CT molecular complexity index is 422. The number of hydrogen-bond donors (Lipinski definition) is 2. The molecule has 3 N–H and O–H groups in total. The molecule has 1 heterocycles. The first kappa shape index (κ1) is 23.1. The number of carbonyl (C=O) groups is 2. The molecule has 146 valence electrons. The van der Waals surface area contributed by atoms with Gasteiger partial charge in [0.25, 0.3) is 0 Å². The van der Waals surface area contributed by atoms with Crippen molar-refractivity contribution >= 4 is 45.4 Å². The number of nitrogens with one attached hydrogen (secondary N) is 1. The van der Waals surface area contributed by atoms with Crippen LogP contribution in [0.1, 0.15) is 59.3 Å². The number of nitrogens with two attached hydrogens (primary N) is 1. The second-order valence-electron chi connectivity index (χ2n) is 6.89. The number of thioether (sulfide) groups is 1. The Labute approximate surface area is 164 Å². The lowest BCUT2D eigenvalue weighted by Gasteiger charge is -2.21. The SMILES string of the molecule is CCCCCCCSC1CC(=O)N(CCNSSC(C)(C)CN)C1=O. The number of amides is 2. The Morgan fingerprint density at radius 2 is 1.96 bits per heavy atom. The highest BCUT2D eigenvalue weighted by atomic mass is 33.1. The zero-order valence-electron chi connectivity index (χ0n) is 15.7. The highest BCUT2D eigenvalue weighted by molar-refractivity contribution is 8.76. The minimum absolute atomic E-state index is 0.00898. The van der Waals surface area contributed by atoms with Crippen LogP contribution >= 0.6 is 33.5 Å². The van der Waals surface area contributed by atoms with Crippen molar-refractivity contribution in [3.05, 3.63) is 0 Å². The monoisotopic (exact) mass is 407 g/mol. The lowest BCUT2D eigenvalue weighted by molar-refractivity contribution is -0.138. The second-order valence-corrected chi connectivity index (χ2v) is 10.9. The molecule has 1 aliphatic heterocycles. The Morgan fingerprint density at radius 3 is 2.64 bits per heavy atom. The van der Waals surface area contributed by atoms with E-state index in [1.165, 1.54) is 41.6 Å². The van der Waals surface area contributed by atoms with Gasteiger partial charge in [0.15, 0.2) is 0 Å². The Kier molecular flexibility index (Phi) is 11.6. The van der Waals surface area contributed by atoms with E-state index in [0.29, 0.717) is 26.1 Å². The van der Waals surface area contributed by atoms with Crippen LogP contribution in [0.2, 0.25) is 0 Å². The van der Waals surface area contributed by atoms with Gasteiger partial charge in [-0.3, -0.25) is 19.2 Å². The van der Waals surface area contributed by atoms with E-state index in [1.807, 2.05) is 0 Å². The molecule has 1 fully saturated rings. The smallest absolute Gasteiger partial charge is 0.242 e. The van der Waals surface area contributed by atoms with Crippen LogP contribution < -0.4 is 10.5 Å². The van der Waals surface area contributed by atoms with Crippen LogP contribution in [0.4, 0.5) is 0 Å². The molecule has 0 aromatic carbocycles. The highest BCUT2D eigenvalue weighted by Gasteiger charge is 2.38. The lowest BCUT2D eigenvalue weighted by Crippen LogP contribution is -2.36. The standard InChI is InChI=1S/C17H33N3O2S3/c1-4-5-6-7-8-11-23-14-12-15(21)20(16(14)22)10-9-19-25-24-17(2,3)13-18/h14,19H,4-13,18H2,1-3H3. The molecule has 1 atom stereocenters. The molecule has 1 unspecified atom stereocenters. The van der Waals surface area contributed by atoms with E-state index in [0.717, 1.165) is 12.2 Å². The van der Waals surface area contributed by atoms with Crippen LogP contribution in [-0.4, -0.2) is 52.1 Å². The Balaban J connectivity index is 2.19. The summed E-state index contributed by atoms with van der Waals surface area (Å²) in [7, 11) is 3.20. The van der Waals surface area contributed by atoms with E-state index < -0.39 is 0 Å². The van der Waals surface area contributed by atoms with E-state index in [2.05, 4.69) is 25.5 Å². The van der Waals surface area contributed by atoms with Crippen molar-refractivity contribution < 1.29 is 9.59 Å². The molecule has 0 bridgehead atoms. The number of likely N-dealkylation sites (tertiary alicyclic amines) is 1. The molecule has 0 aromatic heterocycles. The number of rotatable bonds is 14. The first-order chi connectivity index (χ1) is 11.9. The number of hydrogen-bond acceptors (Lipinski definition) is 7.